The van der Waals surface area contributed by atoms with Gasteiger partial charge in [0.2, 0.25) is 0 Å². The molecule has 141 heavy (non-hydrogen) atoms. The Balaban J connectivity index is 0.000000197. The number of carbonyl (C=O) groups excluding carboxylic acids is 5. The fourth-order valence-corrected chi connectivity index (χ4v) is 21.3. The van der Waals surface area contributed by atoms with Gasteiger partial charge in [-0.05, 0) is 347 Å². The number of aromatic hydroxyl groups is 10. The summed E-state index contributed by atoms with van der Waals surface area (Å²) in [7, 11) is 0. The Bertz CT molecular complexity index is 5870. The molecule has 10 atom stereocenters. The van der Waals surface area contributed by atoms with Gasteiger partial charge in [0.1, 0.15) is 69.1 Å². The first-order valence-corrected chi connectivity index (χ1v) is 51.2. The molecule has 0 saturated carbocycles. The summed E-state index contributed by atoms with van der Waals surface area (Å²) in [6.45, 7) is 49.0. The van der Waals surface area contributed by atoms with E-state index >= 15 is 0 Å². The second-order valence-corrected chi connectivity index (χ2v) is 41.3. The van der Waals surface area contributed by atoms with E-state index in [2.05, 4.69) is 97.9 Å². The van der Waals surface area contributed by atoms with E-state index in [0.717, 1.165) is 179 Å². The molecule has 752 valence electrons. The number of phenolic OH excluding ortho intramolecular Hbond substituents is 10. The van der Waals surface area contributed by atoms with Crippen LogP contribution in [0.25, 0.3) is 33.4 Å². The molecule has 0 amide bonds. The van der Waals surface area contributed by atoms with Crippen LogP contribution < -0.4 is 0 Å². The molecule has 0 unspecified atom stereocenters. The highest BCUT2D eigenvalue weighted by Crippen LogP contribution is 2.54. The number of aryl methyl sites for hydroxylation is 2. The lowest BCUT2D eigenvalue weighted by Crippen LogP contribution is -2.17. The molecule has 0 radical (unpaired) electrons. The normalized spacial score (nSPS) is 19.2. The van der Waals surface area contributed by atoms with Gasteiger partial charge in [-0.1, -0.05) is 250 Å². The maximum Gasteiger partial charge on any atom is 0.160 e. The molecule has 13 rings (SSSR count). The number of benzene rings is 8. The number of hydrogen-bond donors (Lipinski definition) is 10. The zero-order valence-corrected chi connectivity index (χ0v) is 86.7. The van der Waals surface area contributed by atoms with E-state index in [1.54, 1.807) is 92.7 Å². The van der Waals surface area contributed by atoms with Crippen LogP contribution in [0.15, 0.2) is 252 Å². The van der Waals surface area contributed by atoms with Crippen LogP contribution >= 0.6 is 0 Å². The molecule has 15 heteroatoms. The first kappa shape index (κ1) is 112. The second kappa shape index (κ2) is 53.4. The molecule has 0 heterocycles. The molecular formula is C126H158O15. The van der Waals surface area contributed by atoms with Gasteiger partial charge in [-0.2, -0.15) is 0 Å². The summed E-state index contributed by atoms with van der Waals surface area (Å²) in [5.74, 6) is 2.54. The molecule has 0 bridgehead atoms. The Morgan fingerprint density at radius 1 is 0.262 bits per heavy atom. The van der Waals surface area contributed by atoms with Crippen molar-refractivity contribution in [3.05, 3.63) is 308 Å². The van der Waals surface area contributed by atoms with E-state index in [9.17, 15) is 75.0 Å². The maximum atomic E-state index is 11.9. The molecule has 8 aromatic carbocycles. The minimum absolute atomic E-state index is 0.00394. The number of carbonyl (C=O) groups is 5. The number of unbranched alkanes of at least 4 members (excludes halogenated alkanes) is 12. The van der Waals surface area contributed by atoms with Crippen LogP contribution in [-0.2, 0) is 22.4 Å². The average molecular weight is 1910 g/mol. The number of rotatable bonds is 36. The van der Waals surface area contributed by atoms with Crippen molar-refractivity contribution in [1.82, 2.24) is 0 Å². The molecule has 15 nitrogen and oxygen atoms in total. The van der Waals surface area contributed by atoms with Crippen molar-refractivity contribution in [3.63, 3.8) is 0 Å². The third kappa shape index (κ3) is 31.8. The Kier molecular flexibility index (Phi) is 42.5. The topological polar surface area (TPSA) is 288 Å². The van der Waals surface area contributed by atoms with E-state index < -0.39 is 0 Å². The van der Waals surface area contributed by atoms with Gasteiger partial charge in [-0.25, -0.2) is 0 Å². The molecule has 0 saturated heterocycles. The van der Waals surface area contributed by atoms with Crippen molar-refractivity contribution in [1.29, 1.82) is 0 Å². The van der Waals surface area contributed by atoms with Gasteiger partial charge in [0, 0.05) is 86.9 Å². The second-order valence-electron chi connectivity index (χ2n) is 41.3. The summed E-state index contributed by atoms with van der Waals surface area (Å²) in [4.78, 5) is 56.9. The van der Waals surface area contributed by atoms with Gasteiger partial charge in [-0.15, -0.1) is 0 Å². The third-order valence-electron chi connectivity index (χ3n) is 29.2. The molecule has 0 spiro atoms. The molecule has 8 aromatic rings. The first-order valence-electron chi connectivity index (χ1n) is 51.2. The quantitative estimate of drug-likeness (QED) is 0.00992. The SMILES string of the molecule is C=C(C)[C@@H]1CCC(C)=C[C@H]1c1c(O)cc(-c2ccc(C(C)=O)cc2)cc1O.C=C(C)[C@@H]1CCC(C)=C[C@H]1c1c(O)cc(-c2cccc(C(C)=O)c2)cc1O.C=C(C)[C@@H]1CCC(C)=C[C@H]1c1c(O)cc(-c2ccccc2C(C)=O)cc1O.C=C(C)[C@@H]1CCC(C)=C[C@H]1c1c(O)cc(CCCCCCCCC(C)=O)cc1O.C=C(C)[C@@H]1CCC(C)=C[C@H]1c1c(O)cc(CCCCCCCCCCC(C)=O)cc1O. The molecule has 10 N–H and O–H groups in total. The van der Waals surface area contributed by atoms with Crippen molar-refractivity contribution in [3.8, 4) is 90.9 Å². The van der Waals surface area contributed by atoms with Gasteiger partial charge in [0.05, 0.1) is 0 Å². The lowest BCUT2D eigenvalue weighted by atomic mass is 9.73. The van der Waals surface area contributed by atoms with Crippen LogP contribution in [0.5, 0.6) is 57.5 Å². The standard InChI is InChI=1S/C28H42O3.C26H38O3.3C24H26O3/c1-20(2)24-16-15-21(3)17-25(24)28-26(30)18-23(19-27(28)31)14-12-10-8-6-5-7-9-11-13-22(4)29;1-18(2)22-14-13-19(3)15-23(22)26-24(28)16-21(17-25(26)29)12-10-8-6-5-7-9-11-20(4)27;1-14(2)20-10-5-15(3)11-21(20)24-22(26)12-19(13-23(24)27)18-8-6-17(7-9-18)16(4)25;1-14(2)20-9-8-15(3)10-21(20)24-22(26)12-19(13-23(24)27)18-7-5-6-17(11-18)16(4)25;1-14(2)18-10-9-15(3)11-21(18)24-22(26)12-17(13-23(24)27)20-8-6-5-7-19(20)16(4)25/h17-19,24-25,30-31H,1,5-16H2,2-4H3;15-17,22-23,28-29H,1,5-14H2,2-4H3;6-9,11-13,20-21,26-27H,1,5,10H2,2-4H3;5-7,10-13,20-21,26-27H,1,8-9H2,2-4H3;5-8,11-13,18,21,26-27H,1,9-10H2,2-4H3/t24-,25+;22-,23+;2*20-,21+;18-,21+/m00000/s1. The Morgan fingerprint density at radius 2 is 0.525 bits per heavy atom. The van der Waals surface area contributed by atoms with Crippen molar-refractivity contribution < 1.29 is 75.0 Å². The van der Waals surface area contributed by atoms with Crippen LogP contribution in [-0.4, -0.2) is 80.0 Å². The number of allylic oxidation sites excluding steroid dienone is 15. The number of hydrogen-bond acceptors (Lipinski definition) is 15. The largest absolute Gasteiger partial charge is 0.507 e. The average Bonchev–Trinajstić information content (AvgIpc) is 0.783. The fraction of sp³-hybridized carbons (Fsp3) is 0.421. The first-order chi connectivity index (χ1) is 66.9. The molecule has 5 aliphatic carbocycles. The Morgan fingerprint density at radius 3 is 0.801 bits per heavy atom. The number of ketones is 5. The number of Topliss-reactive ketones (excluding diaryl/α,β-unsaturated/α-hetero) is 5. The maximum absolute atomic E-state index is 11.9. The minimum Gasteiger partial charge on any atom is -0.507 e. The molecule has 5 aliphatic rings. The van der Waals surface area contributed by atoms with Crippen molar-refractivity contribution in [2.24, 2.45) is 29.6 Å². The van der Waals surface area contributed by atoms with Crippen LogP contribution in [0.4, 0.5) is 0 Å². The number of phenols is 10. The van der Waals surface area contributed by atoms with Crippen LogP contribution in [0.3, 0.4) is 0 Å². The summed E-state index contributed by atoms with van der Waals surface area (Å²) >= 11 is 0. The predicted octanol–water partition coefficient (Wildman–Crippen LogP) is 32.7. The van der Waals surface area contributed by atoms with Crippen molar-refractivity contribution >= 4 is 28.9 Å². The van der Waals surface area contributed by atoms with Gasteiger partial charge in [0.15, 0.2) is 17.3 Å². The van der Waals surface area contributed by atoms with Gasteiger partial charge in [-0.3, -0.25) is 14.4 Å². The summed E-state index contributed by atoms with van der Waals surface area (Å²) in [6.07, 6.45) is 39.9. The molecular weight excluding hydrogens is 1750 g/mol. The predicted molar refractivity (Wildman–Crippen MR) is 578 cm³/mol. The molecule has 0 aliphatic heterocycles. The smallest absolute Gasteiger partial charge is 0.160 e. The van der Waals surface area contributed by atoms with E-state index in [1.807, 2.05) is 89.2 Å². The summed E-state index contributed by atoms with van der Waals surface area (Å²) in [5, 5.41) is 108. The van der Waals surface area contributed by atoms with Crippen molar-refractivity contribution in [2.75, 3.05) is 0 Å². The highest BCUT2D eigenvalue weighted by Gasteiger charge is 2.37. The van der Waals surface area contributed by atoms with Crippen LogP contribution in [0.1, 0.15) is 370 Å². The van der Waals surface area contributed by atoms with Crippen LogP contribution in [0, 0.1) is 29.6 Å². The monoisotopic (exact) mass is 1910 g/mol. The molecule has 0 aromatic heterocycles. The lowest BCUT2D eigenvalue weighted by molar-refractivity contribution is -0.117. The van der Waals surface area contributed by atoms with E-state index in [1.165, 1.54) is 93.6 Å². The highest BCUT2D eigenvalue weighted by atomic mass is 16.3. The zero-order chi connectivity index (χ0) is 103. The van der Waals surface area contributed by atoms with Crippen LogP contribution in [0.2, 0.25) is 0 Å². The zero-order valence-electron chi connectivity index (χ0n) is 86.7. The van der Waals surface area contributed by atoms with Gasteiger partial charge in [0.25, 0.3) is 0 Å². The van der Waals surface area contributed by atoms with Gasteiger partial charge >= 0.3 is 0 Å². The van der Waals surface area contributed by atoms with E-state index in [4.69, 9.17) is 0 Å². The fourth-order valence-electron chi connectivity index (χ4n) is 21.3. The van der Waals surface area contributed by atoms with E-state index in [-0.39, 0.29) is 140 Å². The van der Waals surface area contributed by atoms with Crippen molar-refractivity contribution in [2.45, 2.75) is 313 Å². The van der Waals surface area contributed by atoms with Gasteiger partial charge < -0.3 is 60.7 Å². The lowest BCUT2D eigenvalue weighted by Gasteiger charge is -2.31. The van der Waals surface area contributed by atoms with E-state index in [0.29, 0.717) is 79.0 Å². The highest BCUT2D eigenvalue weighted by molar-refractivity contribution is 6.01. The Labute approximate surface area is 840 Å². The molecule has 0 fully saturated rings. The summed E-state index contributed by atoms with van der Waals surface area (Å²) < 4.78 is 0. The summed E-state index contributed by atoms with van der Waals surface area (Å²) in [6, 6.07) is 38.9. The Hall–Kier alpha value is -12.5. The third-order valence-corrected chi connectivity index (χ3v) is 29.2. The minimum atomic E-state index is -0.103. The summed E-state index contributed by atoms with van der Waals surface area (Å²) in [5.41, 5.74) is 22.9.